The largest absolute Gasteiger partial charge is 0.459 e. The zero-order valence-corrected chi connectivity index (χ0v) is 17.6. The number of halogens is 6. The molecule has 4 radical (unpaired) electrons. The molecule has 2 fully saturated rings. The molecule has 0 aliphatic carbocycles. The van der Waals surface area contributed by atoms with E-state index in [1.165, 1.54) is 0 Å². The van der Waals surface area contributed by atoms with Gasteiger partial charge in [0.15, 0.2) is 0 Å². The van der Waals surface area contributed by atoms with Gasteiger partial charge >= 0.3 is 22.4 Å². The summed E-state index contributed by atoms with van der Waals surface area (Å²) in [5.41, 5.74) is 0. The Morgan fingerprint density at radius 2 is 1.84 bits per heavy atom. The van der Waals surface area contributed by atoms with Crippen molar-refractivity contribution in [3.63, 3.8) is 0 Å². The summed E-state index contributed by atoms with van der Waals surface area (Å²) in [6.07, 6.45) is -10.2. The Hall–Kier alpha value is 0.288. The molecular weight excluding hydrogens is 422 g/mol. The molecule has 2 heterocycles. The Morgan fingerprint density at radius 1 is 1.20 bits per heavy atom. The van der Waals surface area contributed by atoms with Crippen molar-refractivity contribution in [1.29, 1.82) is 0 Å². The molecule has 144 valence electrons. The van der Waals surface area contributed by atoms with Crippen LogP contribution >= 0.6 is 0 Å². The van der Waals surface area contributed by atoms with Gasteiger partial charge in [-0.1, -0.05) is 0 Å². The van der Waals surface area contributed by atoms with Crippen LogP contribution in [-0.2, 0) is 17.7 Å². The lowest BCUT2D eigenvalue weighted by molar-refractivity contribution is -0.284. The summed E-state index contributed by atoms with van der Waals surface area (Å²) in [5, 5.41) is 0.0272. The minimum absolute atomic E-state index is 0.0272. The monoisotopic (exact) mass is 440 g/mol. The fourth-order valence-corrected chi connectivity index (χ4v) is 23.1. The summed E-state index contributed by atoms with van der Waals surface area (Å²) >= 11 is 0. The van der Waals surface area contributed by atoms with Crippen LogP contribution in [0.1, 0.15) is 19.3 Å². The highest BCUT2D eigenvalue weighted by Crippen LogP contribution is 2.44. The van der Waals surface area contributed by atoms with Crippen LogP contribution in [0, 0.1) is 5.92 Å². The van der Waals surface area contributed by atoms with Crippen molar-refractivity contribution in [2.45, 2.75) is 55.9 Å². The molecule has 2 aliphatic heterocycles. The summed E-state index contributed by atoms with van der Waals surface area (Å²) in [4.78, 5) is 0. The zero-order chi connectivity index (χ0) is 18.9. The zero-order valence-electron chi connectivity index (χ0n) is 13.6. The molecule has 0 aromatic rings. The van der Waals surface area contributed by atoms with Crippen LogP contribution in [-0.4, -0.2) is 54.4 Å². The molecule has 25 heavy (non-hydrogen) atoms. The molecule has 0 spiro atoms. The lowest BCUT2D eigenvalue weighted by Gasteiger charge is -2.35. The van der Waals surface area contributed by atoms with Crippen LogP contribution in [0.15, 0.2) is 0 Å². The van der Waals surface area contributed by atoms with Gasteiger partial charge in [0.1, 0.15) is 5.92 Å². The quantitative estimate of drug-likeness (QED) is 0.382. The van der Waals surface area contributed by atoms with E-state index in [-0.39, 0.29) is 11.2 Å². The first-order valence-electron chi connectivity index (χ1n) is 7.68. The van der Waals surface area contributed by atoms with E-state index in [0.29, 0.717) is 13.0 Å². The van der Waals surface area contributed by atoms with Gasteiger partial charge < -0.3 is 8.54 Å². The smallest absolute Gasteiger partial charge is 0.432 e. The van der Waals surface area contributed by atoms with E-state index < -0.39 is 60.1 Å². The lowest BCUT2D eigenvalue weighted by atomic mass is 10.1. The molecular formula is C11H18F6O4Si4. The van der Waals surface area contributed by atoms with Crippen molar-refractivity contribution in [2.75, 3.05) is 6.61 Å². The highest BCUT2D eigenvalue weighted by Gasteiger charge is 2.58. The second-order valence-corrected chi connectivity index (χ2v) is 19.4. The molecule has 0 bridgehead atoms. The molecule has 14 heteroatoms. The molecule has 0 amide bonds. The van der Waals surface area contributed by atoms with Crippen molar-refractivity contribution in [1.82, 2.24) is 0 Å². The average Bonchev–Trinajstić information content (AvgIpc) is 2.72. The molecule has 0 N–H and O–H groups in total. The Bertz CT molecular complexity index is 439. The lowest BCUT2D eigenvalue weighted by Crippen LogP contribution is -2.57. The summed E-state index contributed by atoms with van der Waals surface area (Å²) < 4.78 is 98.9. The van der Waals surface area contributed by atoms with Gasteiger partial charge in [-0.25, -0.2) is 0 Å². The summed E-state index contributed by atoms with van der Waals surface area (Å²) in [5.74, 6) is -3.33. The van der Waals surface area contributed by atoms with Gasteiger partial charge in [0, 0.05) is 6.61 Å². The molecule has 2 rings (SSSR count). The van der Waals surface area contributed by atoms with E-state index >= 15 is 0 Å². The third-order valence-electron chi connectivity index (χ3n) is 4.45. The molecule has 0 aromatic carbocycles. The van der Waals surface area contributed by atoms with E-state index in [1.54, 1.807) is 6.55 Å². The Labute approximate surface area is 148 Å². The first-order chi connectivity index (χ1) is 11.5. The van der Waals surface area contributed by atoms with Crippen LogP contribution in [0.4, 0.5) is 26.3 Å². The van der Waals surface area contributed by atoms with Crippen LogP contribution in [0.5, 0.6) is 0 Å². The van der Waals surface area contributed by atoms with Gasteiger partial charge in [-0.05, 0) is 43.6 Å². The van der Waals surface area contributed by atoms with Gasteiger partial charge in [-0.15, -0.1) is 0 Å². The average molecular weight is 441 g/mol. The van der Waals surface area contributed by atoms with Crippen LogP contribution < -0.4 is 0 Å². The van der Waals surface area contributed by atoms with Crippen molar-refractivity contribution in [3.8, 4) is 0 Å². The van der Waals surface area contributed by atoms with E-state index in [9.17, 15) is 26.3 Å². The highest BCUT2D eigenvalue weighted by atomic mass is 29.3. The standard InChI is InChI=1S/C11H18F6O4Si4/c1-23-9-4-3-6-18-25(2,24(9)21-22-19-20-23)7-5-8(10(12,13)14)11(15,16)17/h8-9H,3-7H2,1-2H3. The summed E-state index contributed by atoms with van der Waals surface area (Å²) in [6.45, 7) is 3.93. The predicted molar refractivity (Wildman–Crippen MR) is 82.0 cm³/mol. The fourth-order valence-electron chi connectivity index (χ4n) is 3.05. The molecule has 0 aromatic heterocycles. The topological polar surface area (TPSA) is 36.9 Å². The second-order valence-electron chi connectivity index (χ2n) is 6.28. The molecule has 2 saturated heterocycles. The van der Waals surface area contributed by atoms with E-state index in [1.807, 2.05) is 6.55 Å². The molecule has 4 nitrogen and oxygen atoms in total. The third kappa shape index (κ3) is 5.40. The number of fused-ring (bicyclic) bond motifs is 1. The van der Waals surface area contributed by atoms with Crippen LogP contribution in [0.25, 0.3) is 0 Å². The normalized spacial score (nSPS) is 30.8. The fraction of sp³-hybridized carbons (Fsp3) is 1.00. The predicted octanol–water partition coefficient (Wildman–Crippen LogP) is 3.62. The summed E-state index contributed by atoms with van der Waals surface area (Å²) in [7, 11) is -6.44. The Morgan fingerprint density at radius 3 is 2.44 bits per heavy atom. The van der Waals surface area contributed by atoms with Crippen molar-refractivity contribution < 1.29 is 44.0 Å². The van der Waals surface area contributed by atoms with Crippen molar-refractivity contribution >= 4 is 35.4 Å². The van der Waals surface area contributed by atoms with Gasteiger partial charge in [-0.3, -0.25) is 9.15 Å². The number of rotatable bonds is 3. The second kappa shape index (κ2) is 8.12. The maximum absolute atomic E-state index is 12.8. The van der Waals surface area contributed by atoms with Gasteiger partial charge in [0.05, 0.1) is 0 Å². The maximum Gasteiger partial charge on any atom is 0.459 e. The van der Waals surface area contributed by atoms with E-state index in [4.69, 9.17) is 17.7 Å². The van der Waals surface area contributed by atoms with E-state index in [2.05, 4.69) is 0 Å². The van der Waals surface area contributed by atoms with Gasteiger partial charge in [0.25, 0.3) is 9.04 Å². The van der Waals surface area contributed by atoms with Crippen LogP contribution in [0.2, 0.25) is 24.3 Å². The number of hydrogen-bond donors (Lipinski definition) is 0. The maximum atomic E-state index is 12.8. The highest BCUT2D eigenvalue weighted by molar-refractivity contribution is 7.30. The van der Waals surface area contributed by atoms with E-state index in [0.717, 1.165) is 6.42 Å². The molecule has 2 aliphatic rings. The Kier molecular flexibility index (Phi) is 7.01. The third-order valence-corrected chi connectivity index (χ3v) is 20.8. The van der Waals surface area contributed by atoms with Crippen LogP contribution in [0.3, 0.4) is 0 Å². The number of hydrogen-bond acceptors (Lipinski definition) is 4. The molecule has 2 unspecified atom stereocenters. The molecule has 0 saturated carbocycles. The minimum atomic E-state index is -5.32. The first kappa shape index (κ1) is 21.6. The van der Waals surface area contributed by atoms with Gasteiger partial charge in [0.2, 0.25) is 16.4 Å². The Balaban J connectivity index is 2.19. The molecule has 2 atom stereocenters. The summed E-state index contributed by atoms with van der Waals surface area (Å²) in [6, 6.07) is -0.235. The minimum Gasteiger partial charge on any atom is -0.432 e. The first-order valence-corrected chi connectivity index (χ1v) is 15.6. The number of alkyl halides is 6. The SMILES string of the molecule is C[Si]1OO[Si]O[Si]2C1CCCO[Si]2(C)CCC(C(F)(F)F)C(F)(F)F. The van der Waals surface area contributed by atoms with Crippen molar-refractivity contribution in [3.05, 3.63) is 0 Å². The van der Waals surface area contributed by atoms with Gasteiger partial charge in [-0.2, -0.15) is 26.3 Å². The van der Waals surface area contributed by atoms with Crippen molar-refractivity contribution in [2.24, 2.45) is 5.92 Å².